The molecule has 1 heterocycles. The predicted molar refractivity (Wildman–Crippen MR) is 48.5 cm³/mol. The highest BCUT2D eigenvalue weighted by Gasteiger charge is 2.01. The highest BCUT2D eigenvalue weighted by Crippen LogP contribution is 2.14. The molecule has 4 heteroatoms. The van der Waals surface area contributed by atoms with E-state index in [0.717, 1.165) is 14.9 Å². The summed E-state index contributed by atoms with van der Waals surface area (Å²) >= 11 is 1.47. The zero-order valence-electron chi connectivity index (χ0n) is 6.56. The van der Waals surface area contributed by atoms with Gasteiger partial charge >= 0.3 is 0 Å². The summed E-state index contributed by atoms with van der Waals surface area (Å²) in [5, 5.41) is 9.52. The van der Waals surface area contributed by atoms with Gasteiger partial charge in [-0.1, -0.05) is 23.5 Å². The minimum Gasteiger partial charge on any atom is -0.426 e. The molecular weight excluding hydrogens is 172 g/mol. The van der Waals surface area contributed by atoms with Crippen molar-refractivity contribution < 1.29 is 5.21 Å². The zero-order valence-corrected chi connectivity index (χ0v) is 7.38. The summed E-state index contributed by atoms with van der Waals surface area (Å²) in [6.45, 7) is 0. The Kier molecular flexibility index (Phi) is 1.62. The van der Waals surface area contributed by atoms with Gasteiger partial charge in [-0.15, -0.1) is 0 Å². The molecule has 0 aliphatic rings. The van der Waals surface area contributed by atoms with Gasteiger partial charge in [0.15, 0.2) is 0 Å². The van der Waals surface area contributed by atoms with Crippen LogP contribution in [0.25, 0.3) is 10.2 Å². The lowest BCUT2D eigenvalue weighted by molar-refractivity contribution is 0.190. The van der Waals surface area contributed by atoms with E-state index >= 15 is 0 Å². The molecule has 1 aromatic heterocycles. The van der Waals surface area contributed by atoms with Crippen LogP contribution in [0.4, 0.5) is 0 Å². The SMILES string of the molecule is CN=c1sc2ccccc2n1O. The number of benzene rings is 1. The predicted octanol–water partition coefficient (Wildman–Crippen LogP) is 1.47. The smallest absolute Gasteiger partial charge is 0.219 e. The minimum absolute atomic E-state index is 0.621. The quantitative estimate of drug-likeness (QED) is 0.612. The number of hydrogen-bond acceptors (Lipinski definition) is 3. The summed E-state index contributed by atoms with van der Waals surface area (Å²) in [7, 11) is 1.66. The van der Waals surface area contributed by atoms with Crippen molar-refractivity contribution in [2.75, 3.05) is 7.05 Å². The third kappa shape index (κ3) is 0.921. The lowest BCUT2D eigenvalue weighted by Crippen LogP contribution is -2.10. The maximum atomic E-state index is 9.52. The van der Waals surface area contributed by atoms with Crippen molar-refractivity contribution in [3.63, 3.8) is 0 Å². The van der Waals surface area contributed by atoms with Crippen LogP contribution in [-0.2, 0) is 0 Å². The third-order valence-corrected chi connectivity index (χ3v) is 2.77. The van der Waals surface area contributed by atoms with E-state index in [1.54, 1.807) is 7.05 Å². The fourth-order valence-electron chi connectivity index (χ4n) is 1.10. The molecule has 3 nitrogen and oxygen atoms in total. The molecule has 1 aromatic carbocycles. The van der Waals surface area contributed by atoms with Crippen LogP contribution in [0.5, 0.6) is 0 Å². The van der Waals surface area contributed by atoms with Crippen LogP contribution in [0.1, 0.15) is 0 Å². The average molecular weight is 180 g/mol. The summed E-state index contributed by atoms with van der Waals surface area (Å²) in [6, 6.07) is 7.65. The van der Waals surface area contributed by atoms with Crippen LogP contribution in [0.2, 0.25) is 0 Å². The normalized spacial score (nSPS) is 12.6. The largest absolute Gasteiger partial charge is 0.426 e. The zero-order chi connectivity index (χ0) is 8.55. The standard InChI is InChI=1S/C8H8N2OS/c1-9-8-10(11)6-4-2-3-5-7(6)12-8/h2-5,11H,1H3. The Labute approximate surface area is 73.2 Å². The first-order chi connectivity index (χ1) is 5.83. The summed E-state index contributed by atoms with van der Waals surface area (Å²) in [4.78, 5) is 4.56. The second-order valence-electron chi connectivity index (χ2n) is 2.39. The monoisotopic (exact) mass is 180 g/mol. The Morgan fingerprint density at radius 1 is 1.42 bits per heavy atom. The van der Waals surface area contributed by atoms with Gasteiger partial charge in [-0.3, -0.25) is 4.99 Å². The number of hydrogen-bond donors (Lipinski definition) is 1. The second-order valence-corrected chi connectivity index (χ2v) is 3.40. The molecule has 0 atom stereocenters. The Morgan fingerprint density at radius 3 is 2.83 bits per heavy atom. The number of nitrogens with zero attached hydrogens (tertiary/aromatic N) is 2. The molecule has 2 rings (SSSR count). The van der Waals surface area contributed by atoms with E-state index in [-0.39, 0.29) is 0 Å². The lowest BCUT2D eigenvalue weighted by atomic mass is 10.3. The average Bonchev–Trinajstić information content (AvgIpc) is 2.44. The summed E-state index contributed by atoms with van der Waals surface area (Å²) in [5.74, 6) is 0. The van der Waals surface area contributed by atoms with Gasteiger partial charge < -0.3 is 5.21 Å². The maximum Gasteiger partial charge on any atom is 0.219 e. The Hall–Kier alpha value is -1.29. The van der Waals surface area contributed by atoms with Gasteiger partial charge in [0.2, 0.25) is 4.80 Å². The molecule has 0 radical (unpaired) electrons. The van der Waals surface area contributed by atoms with Crippen molar-refractivity contribution in [1.29, 1.82) is 0 Å². The second kappa shape index (κ2) is 2.64. The van der Waals surface area contributed by atoms with E-state index in [1.807, 2.05) is 24.3 Å². The van der Waals surface area contributed by atoms with E-state index in [9.17, 15) is 5.21 Å². The topological polar surface area (TPSA) is 37.5 Å². The molecule has 0 saturated carbocycles. The van der Waals surface area contributed by atoms with Gasteiger partial charge in [0, 0.05) is 7.05 Å². The van der Waals surface area contributed by atoms with Crippen LogP contribution >= 0.6 is 11.3 Å². The van der Waals surface area contributed by atoms with Crippen molar-refractivity contribution in [1.82, 2.24) is 4.73 Å². The molecule has 0 spiro atoms. The molecule has 0 fully saturated rings. The van der Waals surface area contributed by atoms with Gasteiger partial charge in [0.25, 0.3) is 0 Å². The summed E-state index contributed by atoms with van der Waals surface area (Å²) in [6.07, 6.45) is 0. The number of fused-ring (bicyclic) bond motifs is 1. The molecule has 0 saturated heterocycles. The van der Waals surface area contributed by atoms with Crippen molar-refractivity contribution in [2.24, 2.45) is 4.99 Å². The van der Waals surface area contributed by atoms with Gasteiger partial charge in [-0.2, -0.15) is 4.73 Å². The molecular formula is C8H8N2OS. The Balaban J connectivity index is 2.98. The Morgan fingerprint density at radius 2 is 2.17 bits per heavy atom. The van der Waals surface area contributed by atoms with Crippen LogP contribution in [0, 0.1) is 0 Å². The first-order valence-corrected chi connectivity index (χ1v) is 4.37. The van der Waals surface area contributed by atoms with Gasteiger partial charge in [0.1, 0.15) is 5.52 Å². The molecule has 62 valence electrons. The van der Waals surface area contributed by atoms with E-state index in [1.165, 1.54) is 11.3 Å². The van der Waals surface area contributed by atoms with Crippen molar-refractivity contribution in [3.8, 4) is 0 Å². The molecule has 0 amide bonds. The number of para-hydroxylation sites is 1. The van der Waals surface area contributed by atoms with Crippen molar-refractivity contribution in [3.05, 3.63) is 29.1 Å². The van der Waals surface area contributed by atoms with Crippen LogP contribution in [-0.4, -0.2) is 17.0 Å². The van der Waals surface area contributed by atoms with Crippen LogP contribution in [0.3, 0.4) is 0 Å². The Bertz CT molecular complexity index is 469. The molecule has 0 aliphatic heterocycles. The minimum atomic E-state index is 0.621. The van der Waals surface area contributed by atoms with E-state index in [4.69, 9.17) is 0 Å². The fourth-order valence-corrected chi connectivity index (χ4v) is 1.98. The molecule has 12 heavy (non-hydrogen) atoms. The summed E-state index contributed by atoms with van der Waals surface area (Å²) in [5.41, 5.74) is 0.808. The first kappa shape index (κ1) is 7.36. The summed E-state index contributed by atoms with van der Waals surface area (Å²) < 4.78 is 2.15. The number of aromatic nitrogens is 1. The van der Waals surface area contributed by atoms with E-state index < -0.39 is 0 Å². The third-order valence-electron chi connectivity index (χ3n) is 1.67. The maximum absolute atomic E-state index is 9.52. The highest BCUT2D eigenvalue weighted by atomic mass is 32.1. The lowest BCUT2D eigenvalue weighted by Gasteiger charge is -1.90. The van der Waals surface area contributed by atoms with Crippen LogP contribution < -0.4 is 4.80 Å². The van der Waals surface area contributed by atoms with Crippen molar-refractivity contribution in [2.45, 2.75) is 0 Å². The van der Waals surface area contributed by atoms with Gasteiger partial charge in [0.05, 0.1) is 4.70 Å². The van der Waals surface area contributed by atoms with E-state index in [2.05, 4.69) is 4.99 Å². The fraction of sp³-hybridized carbons (Fsp3) is 0.125. The molecule has 1 N–H and O–H groups in total. The number of thiazole rings is 1. The molecule has 2 aromatic rings. The molecule has 0 bridgehead atoms. The van der Waals surface area contributed by atoms with Crippen LogP contribution in [0.15, 0.2) is 29.3 Å². The highest BCUT2D eigenvalue weighted by molar-refractivity contribution is 7.16. The number of rotatable bonds is 0. The molecule has 0 aliphatic carbocycles. The van der Waals surface area contributed by atoms with E-state index in [0.29, 0.717) is 4.80 Å². The first-order valence-electron chi connectivity index (χ1n) is 3.55. The van der Waals surface area contributed by atoms with Gasteiger partial charge in [-0.05, 0) is 12.1 Å². The van der Waals surface area contributed by atoms with Crippen molar-refractivity contribution >= 4 is 21.6 Å². The van der Waals surface area contributed by atoms with Gasteiger partial charge in [-0.25, -0.2) is 0 Å². The molecule has 0 unspecified atom stereocenters.